The molecule has 2 aliphatic rings. The maximum atomic E-state index is 13.0. The van der Waals surface area contributed by atoms with Crippen molar-refractivity contribution in [3.8, 4) is 0 Å². The highest BCUT2D eigenvalue weighted by molar-refractivity contribution is 5.94. The number of nitrogens with zero attached hydrogens (tertiary/aromatic N) is 4. The number of hydrogen-bond donors (Lipinski definition) is 1. The van der Waals surface area contributed by atoms with E-state index in [-0.39, 0.29) is 23.5 Å². The third-order valence-electron chi connectivity index (χ3n) is 6.24. The minimum Gasteiger partial charge on any atom is -0.352 e. The van der Waals surface area contributed by atoms with E-state index in [1.165, 1.54) is 37.1 Å². The van der Waals surface area contributed by atoms with Gasteiger partial charge < -0.3 is 14.8 Å². The quantitative estimate of drug-likeness (QED) is 0.719. The van der Waals surface area contributed by atoms with Crippen molar-refractivity contribution in [2.75, 3.05) is 19.6 Å². The summed E-state index contributed by atoms with van der Waals surface area (Å²) >= 11 is 0. The van der Waals surface area contributed by atoms with Crippen LogP contribution in [-0.4, -0.2) is 51.1 Å². The predicted molar refractivity (Wildman–Crippen MR) is 114 cm³/mol. The summed E-state index contributed by atoms with van der Waals surface area (Å²) in [5.74, 6) is 1.88. The van der Waals surface area contributed by atoms with Crippen LogP contribution in [0.5, 0.6) is 0 Å². The van der Waals surface area contributed by atoms with Crippen LogP contribution in [0.3, 0.4) is 0 Å². The van der Waals surface area contributed by atoms with Crippen molar-refractivity contribution in [1.82, 2.24) is 25.0 Å². The van der Waals surface area contributed by atoms with Crippen molar-refractivity contribution in [2.24, 2.45) is 0 Å². The lowest BCUT2D eigenvalue weighted by atomic mass is 9.96. The number of fused-ring (bicyclic) bond motifs is 1. The summed E-state index contributed by atoms with van der Waals surface area (Å²) in [5, 5.41) is 11.7. The fourth-order valence-corrected chi connectivity index (χ4v) is 4.53. The van der Waals surface area contributed by atoms with Gasteiger partial charge in [-0.05, 0) is 56.4 Å². The van der Waals surface area contributed by atoms with Gasteiger partial charge in [0.25, 0.3) is 5.91 Å². The first kappa shape index (κ1) is 21.5. The van der Waals surface area contributed by atoms with E-state index in [0.29, 0.717) is 31.5 Å². The van der Waals surface area contributed by atoms with Crippen LogP contribution in [0.1, 0.15) is 72.9 Å². The Morgan fingerprint density at radius 3 is 2.74 bits per heavy atom. The highest BCUT2D eigenvalue weighted by Gasteiger charge is 2.29. The molecule has 1 atom stereocenters. The highest BCUT2D eigenvalue weighted by atomic mass is 19.1. The molecule has 31 heavy (non-hydrogen) atoms. The van der Waals surface area contributed by atoms with Gasteiger partial charge in [0.2, 0.25) is 5.91 Å². The Labute approximate surface area is 182 Å². The zero-order valence-electron chi connectivity index (χ0n) is 17.9. The van der Waals surface area contributed by atoms with Gasteiger partial charge >= 0.3 is 0 Å². The fraction of sp³-hybridized carbons (Fsp3) is 0.565. The van der Waals surface area contributed by atoms with Crippen molar-refractivity contribution in [1.29, 1.82) is 0 Å². The predicted octanol–water partition coefficient (Wildman–Crippen LogP) is 3.06. The molecule has 8 heteroatoms. The van der Waals surface area contributed by atoms with Gasteiger partial charge in [-0.25, -0.2) is 4.39 Å². The molecule has 1 unspecified atom stereocenters. The maximum absolute atomic E-state index is 13.0. The van der Waals surface area contributed by atoms with Gasteiger partial charge in [-0.1, -0.05) is 6.42 Å². The number of hydrogen-bond acceptors (Lipinski definition) is 4. The molecule has 0 spiro atoms. The van der Waals surface area contributed by atoms with E-state index in [2.05, 4.69) is 20.1 Å². The molecule has 0 radical (unpaired) electrons. The molecule has 0 saturated carbocycles. The van der Waals surface area contributed by atoms with Crippen LogP contribution >= 0.6 is 0 Å². The molecular formula is C23H30FN5O2. The molecule has 2 amide bonds. The molecular weight excluding hydrogens is 397 g/mol. The third kappa shape index (κ3) is 5.29. The van der Waals surface area contributed by atoms with Crippen molar-refractivity contribution < 1.29 is 14.0 Å². The summed E-state index contributed by atoms with van der Waals surface area (Å²) in [5.41, 5.74) is 0.416. The number of piperidine rings is 1. The number of rotatable bonds is 6. The number of carbonyl (C=O) groups is 2. The number of halogens is 1. The second kappa shape index (κ2) is 10.0. The van der Waals surface area contributed by atoms with Gasteiger partial charge in [0, 0.05) is 50.5 Å². The number of carbonyl (C=O) groups excluding carboxylic acids is 2. The summed E-state index contributed by atoms with van der Waals surface area (Å²) in [6, 6.07) is 5.43. The first-order valence-electron chi connectivity index (χ1n) is 11.4. The summed E-state index contributed by atoms with van der Waals surface area (Å²) in [7, 11) is 0. The Morgan fingerprint density at radius 2 is 1.90 bits per heavy atom. The molecule has 166 valence electrons. The SMILES string of the molecule is O=C(NCCCC(=O)N1CCCC(c2nnc3n2CCCCC3)C1)c1ccc(F)cc1. The van der Waals surface area contributed by atoms with Crippen LogP contribution in [0.25, 0.3) is 0 Å². The first-order chi connectivity index (χ1) is 15.1. The van der Waals surface area contributed by atoms with Crippen LogP contribution in [0.2, 0.25) is 0 Å². The molecule has 0 bridgehead atoms. The van der Waals surface area contributed by atoms with E-state index in [4.69, 9.17) is 0 Å². The van der Waals surface area contributed by atoms with Crippen LogP contribution in [-0.2, 0) is 17.8 Å². The zero-order chi connectivity index (χ0) is 21.6. The van der Waals surface area contributed by atoms with Gasteiger partial charge in [-0.15, -0.1) is 10.2 Å². The van der Waals surface area contributed by atoms with Crippen molar-refractivity contribution in [3.05, 3.63) is 47.3 Å². The van der Waals surface area contributed by atoms with Gasteiger partial charge in [0.1, 0.15) is 17.5 Å². The molecule has 1 aromatic carbocycles. The monoisotopic (exact) mass is 427 g/mol. The van der Waals surface area contributed by atoms with Crippen LogP contribution < -0.4 is 5.32 Å². The average molecular weight is 428 g/mol. The van der Waals surface area contributed by atoms with E-state index in [1.807, 2.05) is 4.90 Å². The van der Waals surface area contributed by atoms with Gasteiger partial charge in [0.15, 0.2) is 0 Å². The van der Waals surface area contributed by atoms with E-state index >= 15 is 0 Å². The number of likely N-dealkylation sites (tertiary alicyclic amines) is 1. The number of benzene rings is 1. The van der Waals surface area contributed by atoms with Crippen LogP contribution in [0.15, 0.2) is 24.3 Å². The van der Waals surface area contributed by atoms with Gasteiger partial charge in [-0.3, -0.25) is 9.59 Å². The summed E-state index contributed by atoms with van der Waals surface area (Å²) in [6.45, 7) is 2.87. The van der Waals surface area contributed by atoms with Crippen molar-refractivity contribution >= 4 is 11.8 Å². The molecule has 3 heterocycles. The Kier molecular flexibility index (Phi) is 6.94. The largest absolute Gasteiger partial charge is 0.352 e. The minimum absolute atomic E-state index is 0.122. The zero-order valence-corrected chi connectivity index (χ0v) is 17.9. The smallest absolute Gasteiger partial charge is 0.251 e. The van der Waals surface area contributed by atoms with E-state index in [0.717, 1.165) is 50.4 Å². The number of aromatic nitrogens is 3. The number of amides is 2. The Morgan fingerprint density at radius 1 is 1.06 bits per heavy atom. The lowest BCUT2D eigenvalue weighted by molar-refractivity contribution is -0.132. The van der Waals surface area contributed by atoms with Crippen LogP contribution in [0.4, 0.5) is 4.39 Å². The van der Waals surface area contributed by atoms with Crippen molar-refractivity contribution in [3.63, 3.8) is 0 Å². The average Bonchev–Trinajstić information content (AvgIpc) is 3.05. The number of aryl methyl sites for hydroxylation is 1. The van der Waals surface area contributed by atoms with E-state index < -0.39 is 0 Å². The Bertz CT molecular complexity index is 911. The van der Waals surface area contributed by atoms with Gasteiger partial charge in [-0.2, -0.15) is 0 Å². The molecule has 1 aromatic heterocycles. The first-order valence-corrected chi connectivity index (χ1v) is 11.4. The maximum Gasteiger partial charge on any atom is 0.251 e. The molecule has 1 fully saturated rings. The topological polar surface area (TPSA) is 80.1 Å². The normalized spacial score (nSPS) is 18.9. The molecule has 4 rings (SSSR count). The summed E-state index contributed by atoms with van der Waals surface area (Å²) in [6.07, 6.45) is 7.54. The summed E-state index contributed by atoms with van der Waals surface area (Å²) in [4.78, 5) is 26.8. The molecule has 2 aliphatic heterocycles. The molecule has 1 saturated heterocycles. The fourth-order valence-electron chi connectivity index (χ4n) is 4.53. The minimum atomic E-state index is -0.371. The molecule has 2 aromatic rings. The van der Waals surface area contributed by atoms with Crippen LogP contribution in [0, 0.1) is 5.82 Å². The third-order valence-corrected chi connectivity index (χ3v) is 6.24. The van der Waals surface area contributed by atoms with Gasteiger partial charge in [0.05, 0.1) is 0 Å². The highest BCUT2D eigenvalue weighted by Crippen LogP contribution is 2.28. The standard InChI is InChI=1S/C23H30FN5O2/c24-19-11-9-17(10-12-19)23(31)25-13-4-8-21(30)28-14-5-6-18(16-28)22-27-26-20-7-2-1-3-15-29(20)22/h9-12,18H,1-8,13-16H2,(H,25,31). The summed E-state index contributed by atoms with van der Waals surface area (Å²) < 4.78 is 15.2. The second-order valence-corrected chi connectivity index (χ2v) is 8.48. The Hall–Kier alpha value is -2.77. The Balaban J connectivity index is 1.25. The molecule has 7 nitrogen and oxygen atoms in total. The number of nitrogens with one attached hydrogen (secondary N) is 1. The molecule has 0 aliphatic carbocycles. The second-order valence-electron chi connectivity index (χ2n) is 8.48. The molecule has 1 N–H and O–H groups in total. The lowest BCUT2D eigenvalue weighted by Gasteiger charge is -2.32. The van der Waals surface area contributed by atoms with E-state index in [9.17, 15) is 14.0 Å². The van der Waals surface area contributed by atoms with E-state index in [1.54, 1.807) is 0 Å². The van der Waals surface area contributed by atoms with Crippen molar-refractivity contribution in [2.45, 2.75) is 63.8 Å². The lowest BCUT2D eigenvalue weighted by Crippen LogP contribution is -2.40.